The van der Waals surface area contributed by atoms with Crippen LogP contribution in [-0.2, 0) is 12.8 Å². The maximum atomic E-state index is 5.49. The first kappa shape index (κ1) is 16.3. The van der Waals surface area contributed by atoms with E-state index in [2.05, 4.69) is 66.7 Å². The van der Waals surface area contributed by atoms with E-state index in [9.17, 15) is 0 Å². The van der Waals surface area contributed by atoms with Gasteiger partial charge in [0.05, 0.1) is 7.11 Å². The van der Waals surface area contributed by atoms with E-state index in [4.69, 9.17) is 4.74 Å². The van der Waals surface area contributed by atoms with Gasteiger partial charge in [-0.3, -0.25) is 0 Å². The molecule has 0 aromatic heterocycles. The third-order valence-corrected chi connectivity index (χ3v) is 4.37. The molecule has 0 saturated heterocycles. The van der Waals surface area contributed by atoms with Gasteiger partial charge in [-0.2, -0.15) is 0 Å². The summed E-state index contributed by atoms with van der Waals surface area (Å²) in [5.74, 6) is 0.929. The van der Waals surface area contributed by atoms with Gasteiger partial charge in [0.15, 0.2) is 0 Å². The van der Waals surface area contributed by atoms with Crippen LogP contribution in [0.2, 0.25) is 0 Å². The number of hydrogen-bond acceptors (Lipinski definition) is 1. The van der Waals surface area contributed by atoms with Crippen LogP contribution in [0, 0.1) is 0 Å². The second-order valence-corrected chi connectivity index (χ2v) is 6.09. The average Bonchev–Trinajstić information content (AvgIpc) is 2.66. The van der Waals surface area contributed by atoms with E-state index in [0.29, 0.717) is 0 Å². The van der Waals surface area contributed by atoms with Gasteiger partial charge in [-0.05, 0) is 48.4 Å². The molecule has 0 amide bonds. The second kappa shape index (κ2) is 8.35. The molecule has 0 radical (unpaired) electrons. The standard InChI is InChI=1S/C23H24O/c1-24-23-17-8-7-16-22(23)21-15-9-14-20(18-21)13-6-5-12-19-10-3-2-4-11-19/h2-4,7-11,14-18H,5-6,12-13H2,1H3. The predicted octanol–water partition coefficient (Wildman–Crippen LogP) is 5.93. The molecule has 3 aromatic rings. The van der Waals surface area contributed by atoms with Gasteiger partial charge in [-0.15, -0.1) is 0 Å². The lowest BCUT2D eigenvalue weighted by Crippen LogP contribution is -1.91. The highest BCUT2D eigenvalue weighted by Gasteiger charge is 2.05. The molecule has 1 heteroatoms. The van der Waals surface area contributed by atoms with Crippen molar-refractivity contribution in [3.63, 3.8) is 0 Å². The molecule has 0 aliphatic rings. The smallest absolute Gasteiger partial charge is 0.126 e. The molecule has 1 nitrogen and oxygen atoms in total. The monoisotopic (exact) mass is 316 g/mol. The van der Waals surface area contributed by atoms with Crippen molar-refractivity contribution in [3.05, 3.63) is 90.0 Å². The van der Waals surface area contributed by atoms with Crippen molar-refractivity contribution >= 4 is 0 Å². The quantitative estimate of drug-likeness (QED) is 0.491. The second-order valence-electron chi connectivity index (χ2n) is 6.09. The number of aryl methyl sites for hydroxylation is 2. The van der Waals surface area contributed by atoms with E-state index in [0.717, 1.165) is 24.2 Å². The zero-order valence-electron chi connectivity index (χ0n) is 14.2. The molecule has 0 N–H and O–H groups in total. The fourth-order valence-corrected chi connectivity index (χ4v) is 3.08. The molecule has 0 unspecified atom stereocenters. The van der Waals surface area contributed by atoms with Crippen LogP contribution in [0.25, 0.3) is 11.1 Å². The van der Waals surface area contributed by atoms with Crippen molar-refractivity contribution < 1.29 is 4.74 Å². The minimum Gasteiger partial charge on any atom is -0.496 e. The lowest BCUT2D eigenvalue weighted by Gasteiger charge is -2.10. The van der Waals surface area contributed by atoms with Crippen molar-refractivity contribution in [2.45, 2.75) is 25.7 Å². The Morgan fingerprint density at radius 3 is 2.12 bits per heavy atom. The molecular weight excluding hydrogens is 292 g/mol. The fraction of sp³-hybridized carbons (Fsp3) is 0.217. The maximum absolute atomic E-state index is 5.49. The van der Waals surface area contributed by atoms with Gasteiger partial charge in [-0.1, -0.05) is 72.8 Å². The lowest BCUT2D eigenvalue weighted by atomic mass is 9.99. The van der Waals surface area contributed by atoms with Gasteiger partial charge < -0.3 is 4.74 Å². The van der Waals surface area contributed by atoms with Crippen LogP contribution in [-0.4, -0.2) is 7.11 Å². The highest BCUT2D eigenvalue weighted by atomic mass is 16.5. The van der Waals surface area contributed by atoms with Crippen LogP contribution in [0.3, 0.4) is 0 Å². The summed E-state index contributed by atoms with van der Waals surface area (Å²) < 4.78 is 5.49. The van der Waals surface area contributed by atoms with Gasteiger partial charge in [0.1, 0.15) is 5.75 Å². The lowest BCUT2D eigenvalue weighted by molar-refractivity contribution is 0.416. The molecule has 3 rings (SSSR count). The van der Waals surface area contributed by atoms with Crippen molar-refractivity contribution in [3.8, 4) is 16.9 Å². The summed E-state index contributed by atoms with van der Waals surface area (Å²) >= 11 is 0. The first-order chi connectivity index (χ1) is 11.9. The van der Waals surface area contributed by atoms with Gasteiger partial charge in [0.25, 0.3) is 0 Å². The van der Waals surface area contributed by atoms with E-state index in [-0.39, 0.29) is 0 Å². The molecule has 0 heterocycles. The van der Waals surface area contributed by atoms with Crippen LogP contribution in [0.15, 0.2) is 78.9 Å². The third kappa shape index (κ3) is 4.26. The Morgan fingerprint density at radius 1 is 0.667 bits per heavy atom. The first-order valence-electron chi connectivity index (χ1n) is 8.63. The van der Waals surface area contributed by atoms with Crippen LogP contribution in [0.1, 0.15) is 24.0 Å². The summed E-state index contributed by atoms with van der Waals surface area (Å²) in [6.45, 7) is 0. The van der Waals surface area contributed by atoms with Gasteiger partial charge in [-0.25, -0.2) is 0 Å². The Hall–Kier alpha value is -2.54. The van der Waals surface area contributed by atoms with E-state index < -0.39 is 0 Å². The summed E-state index contributed by atoms with van der Waals surface area (Å²) in [6.07, 6.45) is 4.72. The molecule has 24 heavy (non-hydrogen) atoms. The van der Waals surface area contributed by atoms with Crippen molar-refractivity contribution in [1.82, 2.24) is 0 Å². The van der Waals surface area contributed by atoms with E-state index >= 15 is 0 Å². The Bertz CT molecular complexity index is 762. The normalized spacial score (nSPS) is 10.5. The van der Waals surface area contributed by atoms with E-state index in [1.54, 1.807) is 7.11 Å². The molecule has 0 bridgehead atoms. The summed E-state index contributed by atoms with van der Waals surface area (Å²) in [4.78, 5) is 0. The number of methoxy groups -OCH3 is 1. The SMILES string of the molecule is COc1ccccc1-c1cccc(CCCCc2ccccc2)c1. The molecule has 0 spiro atoms. The predicted molar refractivity (Wildman–Crippen MR) is 102 cm³/mol. The molecule has 122 valence electrons. The maximum Gasteiger partial charge on any atom is 0.126 e. The average molecular weight is 316 g/mol. The topological polar surface area (TPSA) is 9.23 Å². The number of rotatable bonds is 7. The number of ether oxygens (including phenoxy) is 1. The highest BCUT2D eigenvalue weighted by molar-refractivity contribution is 5.70. The molecule has 0 fully saturated rings. The van der Waals surface area contributed by atoms with Crippen LogP contribution < -0.4 is 4.74 Å². The molecule has 3 aromatic carbocycles. The van der Waals surface area contributed by atoms with Crippen LogP contribution in [0.5, 0.6) is 5.75 Å². The highest BCUT2D eigenvalue weighted by Crippen LogP contribution is 2.30. The Balaban J connectivity index is 1.61. The van der Waals surface area contributed by atoms with E-state index in [1.165, 1.54) is 29.5 Å². The van der Waals surface area contributed by atoms with Crippen molar-refractivity contribution in [2.24, 2.45) is 0 Å². The van der Waals surface area contributed by atoms with Crippen LogP contribution in [0.4, 0.5) is 0 Å². The van der Waals surface area contributed by atoms with E-state index in [1.807, 2.05) is 12.1 Å². The van der Waals surface area contributed by atoms with Crippen molar-refractivity contribution in [2.75, 3.05) is 7.11 Å². The number of unbranched alkanes of at least 4 members (excludes halogenated alkanes) is 1. The zero-order chi connectivity index (χ0) is 16.6. The molecular formula is C23H24O. The molecule has 0 atom stereocenters. The van der Waals surface area contributed by atoms with Gasteiger partial charge >= 0.3 is 0 Å². The Morgan fingerprint density at radius 2 is 1.33 bits per heavy atom. The number of para-hydroxylation sites is 1. The summed E-state index contributed by atoms with van der Waals surface area (Å²) in [6, 6.07) is 27.8. The molecule has 0 saturated carbocycles. The summed E-state index contributed by atoms with van der Waals surface area (Å²) in [5, 5.41) is 0. The summed E-state index contributed by atoms with van der Waals surface area (Å²) in [5.41, 5.74) is 5.21. The zero-order valence-corrected chi connectivity index (χ0v) is 14.2. The third-order valence-electron chi connectivity index (χ3n) is 4.37. The largest absolute Gasteiger partial charge is 0.496 e. The number of hydrogen-bond donors (Lipinski definition) is 0. The minimum absolute atomic E-state index is 0.929. The Labute approximate surface area is 144 Å². The number of benzene rings is 3. The van der Waals surface area contributed by atoms with Crippen LogP contribution >= 0.6 is 0 Å². The van der Waals surface area contributed by atoms with Crippen molar-refractivity contribution in [1.29, 1.82) is 0 Å². The first-order valence-corrected chi connectivity index (χ1v) is 8.63. The molecule has 0 aliphatic heterocycles. The van der Waals surface area contributed by atoms with Gasteiger partial charge in [0, 0.05) is 5.56 Å². The minimum atomic E-state index is 0.929. The molecule has 0 aliphatic carbocycles. The fourth-order valence-electron chi connectivity index (χ4n) is 3.08. The Kier molecular flexibility index (Phi) is 5.68. The van der Waals surface area contributed by atoms with Gasteiger partial charge in [0.2, 0.25) is 0 Å². The summed E-state index contributed by atoms with van der Waals surface area (Å²) in [7, 11) is 1.73.